The summed E-state index contributed by atoms with van der Waals surface area (Å²) in [4.78, 5) is 0. The minimum atomic E-state index is -0.0433. The van der Waals surface area contributed by atoms with E-state index in [2.05, 4.69) is 62.3 Å². The van der Waals surface area contributed by atoms with Gasteiger partial charge in [-0.25, -0.2) is 0 Å². The molecule has 0 unspecified atom stereocenters. The van der Waals surface area contributed by atoms with Crippen molar-refractivity contribution in [2.45, 2.75) is 74.3 Å². The first kappa shape index (κ1) is 17.0. The molecule has 0 amide bonds. The predicted molar refractivity (Wildman–Crippen MR) is 79.0 cm³/mol. The quantitative estimate of drug-likeness (QED) is 0.741. The fraction of sp³-hybridized carbons (Fsp3) is 1.00. The molecule has 0 aliphatic carbocycles. The highest BCUT2D eigenvalue weighted by Gasteiger charge is 2.32. The topological polar surface area (TPSA) is 26.0 Å². The molecule has 0 bridgehead atoms. The molecule has 0 heterocycles. The van der Waals surface area contributed by atoms with Gasteiger partial charge in [0.05, 0.1) is 0 Å². The van der Waals surface area contributed by atoms with E-state index in [4.69, 9.17) is 5.73 Å². The van der Waals surface area contributed by atoms with Gasteiger partial charge < -0.3 is 5.73 Å². The maximum atomic E-state index is 6.14. The summed E-state index contributed by atoms with van der Waals surface area (Å²) in [6.07, 6.45) is 1.11. The molecule has 1 nitrogen and oxygen atoms in total. The second-order valence-corrected chi connectivity index (χ2v) is 8.04. The number of hydrogen-bond acceptors (Lipinski definition) is 1. The maximum Gasteiger partial charge on any atom is 0.00996 e. The Bertz CT molecular complexity index is 219. The number of nitrogens with two attached hydrogens (primary N) is 1. The lowest BCUT2D eigenvalue weighted by atomic mass is 9.67. The van der Waals surface area contributed by atoms with Crippen molar-refractivity contribution < 1.29 is 0 Å². The Hall–Kier alpha value is -0.0400. The molecule has 0 saturated heterocycles. The van der Waals surface area contributed by atoms with Gasteiger partial charge in [-0.2, -0.15) is 0 Å². The molecule has 2 N–H and O–H groups in total. The molecule has 0 aromatic rings. The van der Waals surface area contributed by atoms with Crippen LogP contribution in [0.15, 0.2) is 0 Å². The van der Waals surface area contributed by atoms with Gasteiger partial charge in [0.1, 0.15) is 0 Å². The van der Waals surface area contributed by atoms with Gasteiger partial charge in [0.15, 0.2) is 0 Å². The van der Waals surface area contributed by atoms with E-state index in [0.29, 0.717) is 11.3 Å². The normalized spacial score (nSPS) is 20.8. The van der Waals surface area contributed by atoms with Gasteiger partial charge in [-0.3, -0.25) is 0 Å². The fourth-order valence-electron chi connectivity index (χ4n) is 2.78. The van der Waals surface area contributed by atoms with Crippen LogP contribution in [0.2, 0.25) is 0 Å². The van der Waals surface area contributed by atoms with Gasteiger partial charge in [-0.1, -0.05) is 48.5 Å². The van der Waals surface area contributed by atoms with Crippen molar-refractivity contribution in [2.24, 2.45) is 34.8 Å². The van der Waals surface area contributed by atoms with Crippen molar-refractivity contribution in [2.75, 3.05) is 0 Å². The Kier molecular flexibility index (Phi) is 5.72. The SMILES string of the molecule is C[C@H]([C@H](C)[C@@H](C)CC(C)(C)N)[C@H](C)C(C)(C)C. The molecule has 0 aliphatic heterocycles. The summed E-state index contributed by atoms with van der Waals surface area (Å²) in [5, 5.41) is 0. The van der Waals surface area contributed by atoms with Crippen LogP contribution in [-0.2, 0) is 0 Å². The smallest absolute Gasteiger partial charge is 0.00996 e. The Morgan fingerprint density at radius 1 is 0.824 bits per heavy atom. The number of hydrogen-bond donors (Lipinski definition) is 1. The van der Waals surface area contributed by atoms with E-state index in [1.165, 1.54) is 0 Å². The molecule has 0 spiro atoms. The zero-order valence-corrected chi connectivity index (χ0v) is 13.6. The molecule has 4 atom stereocenters. The van der Waals surface area contributed by atoms with Gasteiger partial charge >= 0.3 is 0 Å². The van der Waals surface area contributed by atoms with E-state index in [0.717, 1.165) is 24.2 Å². The van der Waals surface area contributed by atoms with Gasteiger partial charge in [-0.15, -0.1) is 0 Å². The minimum Gasteiger partial charge on any atom is -0.326 e. The van der Waals surface area contributed by atoms with E-state index in [1.54, 1.807) is 0 Å². The zero-order chi connectivity index (χ0) is 14.0. The highest BCUT2D eigenvalue weighted by Crippen LogP contribution is 2.38. The standard InChI is InChI=1S/C16H35N/c1-11(10-16(8,9)17)12(2)13(3)14(4)15(5,6)7/h11-14H,10,17H2,1-9H3/t11-,12+,13+,14-/m0/s1. The van der Waals surface area contributed by atoms with Crippen LogP contribution >= 0.6 is 0 Å². The molecule has 17 heavy (non-hydrogen) atoms. The van der Waals surface area contributed by atoms with Crippen LogP contribution in [0, 0.1) is 29.1 Å². The summed E-state index contributed by atoms with van der Waals surface area (Å²) in [5.74, 6) is 2.90. The monoisotopic (exact) mass is 241 g/mol. The van der Waals surface area contributed by atoms with Crippen molar-refractivity contribution in [1.82, 2.24) is 0 Å². The predicted octanol–water partition coefficient (Wildman–Crippen LogP) is 4.70. The van der Waals surface area contributed by atoms with Crippen molar-refractivity contribution in [1.29, 1.82) is 0 Å². The summed E-state index contributed by atoms with van der Waals surface area (Å²) in [7, 11) is 0. The first-order valence-corrected chi connectivity index (χ1v) is 7.15. The van der Waals surface area contributed by atoms with Crippen molar-refractivity contribution in [3.05, 3.63) is 0 Å². The highest BCUT2D eigenvalue weighted by atomic mass is 14.7. The second kappa shape index (κ2) is 5.73. The van der Waals surface area contributed by atoms with Gasteiger partial charge in [0.2, 0.25) is 0 Å². The van der Waals surface area contributed by atoms with E-state index >= 15 is 0 Å². The summed E-state index contributed by atoms with van der Waals surface area (Å²) in [5.41, 5.74) is 6.49. The average Bonchev–Trinajstić information content (AvgIpc) is 2.10. The summed E-state index contributed by atoms with van der Waals surface area (Å²) < 4.78 is 0. The maximum absolute atomic E-state index is 6.14. The Labute approximate surface area is 110 Å². The van der Waals surface area contributed by atoms with E-state index in [-0.39, 0.29) is 5.54 Å². The average molecular weight is 241 g/mol. The van der Waals surface area contributed by atoms with Crippen LogP contribution < -0.4 is 5.73 Å². The van der Waals surface area contributed by atoms with Crippen LogP contribution in [-0.4, -0.2) is 5.54 Å². The Morgan fingerprint density at radius 2 is 1.24 bits per heavy atom. The summed E-state index contributed by atoms with van der Waals surface area (Å²) >= 11 is 0. The second-order valence-electron chi connectivity index (χ2n) is 8.04. The van der Waals surface area contributed by atoms with Gasteiger partial charge in [0, 0.05) is 5.54 Å². The lowest BCUT2D eigenvalue weighted by Gasteiger charge is -2.39. The van der Waals surface area contributed by atoms with Gasteiger partial charge in [0.25, 0.3) is 0 Å². The third kappa shape index (κ3) is 5.90. The zero-order valence-electron chi connectivity index (χ0n) is 13.6. The summed E-state index contributed by atoms with van der Waals surface area (Å²) in [6.45, 7) is 20.8. The first-order chi connectivity index (χ1) is 7.36. The van der Waals surface area contributed by atoms with Crippen LogP contribution in [0.3, 0.4) is 0 Å². The molecule has 0 aromatic heterocycles. The number of rotatable bonds is 5. The lowest BCUT2D eigenvalue weighted by molar-refractivity contribution is 0.110. The Balaban J connectivity index is 4.55. The fourth-order valence-corrected chi connectivity index (χ4v) is 2.78. The van der Waals surface area contributed by atoms with Crippen LogP contribution in [0.25, 0.3) is 0 Å². The third-order valence-corrected chi connectivity index (χ3v) is 4.73. The van der Waals surface area contributed by atoms with Crippen molar-refractivity contribution in [3.63, 3.8) is 0 Å². The van der Waals surface area contributed by atoms with E-state index < -0.39 is 0 Å². The van der Waals surface area contributed by atoms with Crippen LogP contribution in [0.4, 0.5) is 0 Å². The summed E-state index contributed by atoms with van der Waals surface area (Å²) in [6, 6.07) is 0. The third-order valence-electron chi connectivity index (χ3n) is 4.73. The molecule has 1 heteroatoms. The molecule has 104 valence electrons. The van der Waals surface area contributed by atoms with Gasteiger partial charge in [-0.05, 0) is 49.4 Å². The molecule has 0 aliphatic rings. The molecular weight excluding hydrogens is 206 g/mol. The molecule has 0 aromatic carbocycles. The molecule has 0 rings (SSSR count). The molecular formula is C16H35N. The minimum absolute atomic E-state index is 0.0433. The first-order valence-electron chi connectivity index (χ1n) is 7.15. The van der Waals surface area contributed by atoms with Crippen LogP contribution in [0.1, 0.15) is 68.7 Å². The molecule has 0 fully saturated rings. The van der Waals surface area contributed by atoms with Crippen LogP contribution in [0.5, 0.6) is 0 Å². The van der Waals surface area contributed by atoms with E-state index in [1.807, 2.05) is 0 Å². The molecule has 0 radical (unpaired) electrons. The largest absolute Gasteiger partial charge is 0.326 e. The van der Waals surface area contributed by atoms with Crippen molar-refractivity contribution >= 4 is 0 Å². The lowest BCUT2D eigenvalue weighted by Crippen LogP contribution is -2.37. The van der Waals surface area contributed by atoms with Crippen molar-refractivity contribution in [3.8, 4) is 0 Å². The highest BCUT2D eigenvalue weighted by molar-refractivity contribution is 4.83. The molecule has 0 saturated carbocycles. The Morgan fingerprint density at radius 3 is 1.53 bits per heavy atom. The van der Waals surface area contributed by atoms with E-state index in [9.17, 15) is 0 Å².